The molecular formula is C16H24N2O3. The third kappa shape index (κ3) is 4.44. The minimum atomic E-state index is -0.500. The van der Waals surface area contributed by atoms with Crippen molar-refractivity contribution in [3.05, 3.63) is 29.3 Å². The van der Waals surface area contributed by atoms with Crippen LogP contribution < -0.4 is 10.6 Å². The molecule has 0 bridgehead atoms. The number of aryl methyl sites for hydroxylation is 1. The maximum atomic E-state index is 11.8. The maximum absolute atomic E-state index is 11.8. The molecule has 1 unspecified atom stereocenters. The first kappa shape index (κ1) is 15.8. The number of aliphatic hydroxyl groups excluding tert-OH is 1. The number of hydrogen-bond donors (Lipinski definition) is 3. The Morgan fingerprint density at radius 1 is 1.43 bits per heavy atom. The molecule has 1 aromatic rings. The van der Waals surface area contributed by atoms with Crippen LogP contribution in [0.2, 0.25) is 0 Å². The first-order valence-corrected chi connectivity index (χ1v) is 7.36. The van der Waals surface area contributed by atoms with Gasteiger partial charge in [-0.1, -0.05) is 6.07 Å². The number of amides is 1. The van der Waals surface area contributed by atoms with Gasteiger partial charge in [0, 0.05) is 18.3 Å². The van der Waals surface area contributed by atoms with Gasteiger partial charge in [-0.3, -0.25) is 5.32 Å². The Bertz CT molecular complexity index is 509. The number of nitrogens with one attached hydrogen (secondary N) is 2. The lowest BCUT2D eigenvalue weighted by atomic mass is 10.1. The van der Waals surface area contributed by atoms with Gasteiger partial charge in [-0.05, 0) is 56.9 Å². The van der Waals surface area contributed by atoms with E-state index >= 15 is 0 Å². The van der Waals surface area contributed by atoms with Gasteiger partial charge in [0.1, 0.15) is 5.60 Å². The average molecular weight is 292 g/mol. The van der Waals surface area contributed by atoms with E-state index in [1.54, 1.807) is 0 Å². The normalized spacial score (nSPS) is 17.4. The highest BCUT2D eigenvalue weighted by Crippen LogP contribution is 2.32. The molecule has 2 rings (SSSR count). The monoisotopic (exact) mass is 292 g/mol. The van der Waals surface area contributed by atoms with Crippen molar-refractivity contribution in [2.45, 2.75) is 45.3 Å². The number of carbonyl (C=O) groups is 1. The predicted molar refractivity (Wildman–Crippen MR) is 82.4 cm³/mol. The molecular weight excluding hydrogens is 268 g/mol. The molecule has 1 amide bonds. The second-order valence-electron chi connectivity index (χ2n) is 6.31. The Hall–Kier alpha value is -1.59. The standard InChI is InChI=1S/C16H24N2O3/c1-16(2,3)21-15(20)18-12-5-6-13-11(10-12)4-7-14(13)17-8-9-19/h5-6,10,14,17,19H,4,7-9H2,1-3H3,(H,18,20). The van der Waals surface area contributed by atoms with E-state index in [1.807, 2.05) is 39.0 Å². The molecule has 5 heteroatoms. The Morgan fingerprint density at radius 2 is 2.19 bits per heavy atom. The van der Waals surface area contributed by atoms with E-state index in [0.717, 1.165) is 18.5 Å². The molecule has 1 atom stereocenters. The Labute approximate surface area is 125 Å². The topological polar surface area (TPSA) is 70.6 Å². The van der Waals surface area contributed by atoms with E-state index in [4.69, 9.17) is 9.84 Å². The van der Waals surface area contributed by atoms with Crippen molar-refractivity contribution in [1.29, 1.82) is 0 Å². The van der Waals surface area contributed by atoms with Gasteiger partial charge in [0.15, 0.2) is 0 Å². The molecule has 0 saturated heterocycles. The van der Waals surface area contributed by atoms with E-state index < -0.39 is 11.7 Å². The summed E-state index contributed by atoms with van der Waals surface area (Å²) in [5, 5.41) is 15.0. The van der Waals surface area contributed by atoms with Crippen LogP contribution in [0.25, 0.3) is 0 Å². The zero-order valence-corrected chi connectivity index (χ0v) is 12.9. The number of carbonyl (C=O) groups excluding carboxylic acids is 1. The second kappa shape index (κ2) is 6.45. The van der Waals surface area contributed by atoms with E-state index in [9.17, 15) is 4.79 Å². The van der Waals surface area contributed by atoms with E-state index in [1.165, 1.54) is 11.1 Å². The van der Waals surface area contributed by atoms with Gasteiger partial charge in [-0.2, -0.15) is 0 Å². The van der Waals surface area contributed by atoms with Crippen LogP contribution in [-0.2, 0) is 11.2 Å². The van der Waals surface area contributed by atoms with Gasteiger partial charge in [0.2, 0.25) is 0 Å². The number of ether oxygens (including phenoxy) is 1. The molecule has 3 N–H and O–H groups in total. The molecule has 1 aromatic carbocycles. The van der Waals surface area contributed by atoms with Crippen LogP contribution in [0.4, 0.5) is 10.5 Å². The molecule has 21 heavy (non-hydrogen) atoms. The minimum Gasteiger partial charge on any atom is -0.444 e. The lowest BCUT2D eigenvalue weighted by Crippen LogP contribution is -2.27. The Kier molecular flexibility index (Phi) is 4.85. The zero-order chi connectivity index (χ0) is 15.5. The summed E-state index contributed by atoms with van der Waals surface area (Å²) < 4.78 is 5.25. The van der Waals surface area contributed by atoms with Gasteiger partial charge in [-0.25, -0.2) is 4.79 Å². The molecule has 0 aromatic heterocycles. The molecule has 0 heterocycles. The van der Waals surface area contributed by atoms with E-state index in [0.29, 0.717) is 12.6 Å². The summed E-state index contributed by atoms with van der Waals surface area (Å²) in [6, 6.07) is 6.22. The smallest absolute Gasteiger partial charge is 0.412 e. The highest BCUT2D eigenvalue weighted by molar-refractivity contribution is 5.85. The lowest BCUT2D eigenvalue weighted by Gasteiger charge is -2.20. The first-order valence-electron chi connectivity index (χ1n) is 7.36. The van der Waals surface area contributed by atoms with Crippen molar-refractivity contribution in [2.24, 2.45) is 0 Å². The van der Waals surface area contributed by atoms with Gasteiger partial charge in [-0.15, -0.1) is 0 Å². The summed E-state index contributed by atoms with van der Waals surface area (Å²) >= 11 is 0. The number of fused-ring (bicyclic) bond motifs is 1. The second-order valence-corrected chi connectivity index (χ2v) is 6.31. The van der Waals surface area contributed by atoms with Crippen LogP contribution in [0.15, 0.2) is 18.2 Å². The maximum Gasteiger partial charge on any atom is 0.412 e. The Morgan fingerprint density at radius 3 is 2.86 bits per heavy atom. The molecule has 0 fully saturated rings. The fourth-order valence-electron chi connectivity index (χ4n) is 2.57. The van der Waals surface area contributed by atoms with Crippen LogP contribution >= 0.6 is 0 Å². The molecule has 0 saturated carbocycles. The highest BCUT2D eigenvalue weighted by atomic mass is 16.6. The van der Waals surface area contributed by atoms with Crippen LogP contribution in [-0.4, -0.2) is 30.0 Å². The molecule has 116 valence electrons. The van der Waals surface area contributed by atoms with Crippen LogP contribution in [0.3, 0.4) is 0 Å². The van der Waals surface area contributed by atoms with Crippen molar-refractivity contribution in [2.75, 3.05) is 18.5 Å². The molecule has 0 aliphatic heterocycles. The fraction of sp³-hybridized carbons (Fsp3) is 0.562. The summed E-state index contributed by atoms with van der Waals surface area (Å²) in [4.78, 5) is 11.8. The summed E-state index contributed by atoms with van der Waals surface area (Å²) in [7, 11) is 0. The first-order chi connectivity index (χ1) is 9.89. The van der Waals surface area contributed by atoms with Crippen LogP contribution in [0.1, 0.15) is 44.4 Å². The summed E-state index contributed by atoms with van der Waals surface area (Å²) in [5.74, 6) is 0. The van der Waals surface area contributed by atoms with Gasteiger partial charge in [0.05, 0.1) is 6.61 Å². The third-order valence-electron chi connectivity index (χ3n) is 3.37. The molecule has 0 spiro atoms. The SMILES string of the molecule is CC(C)(C)OC(=O)Nc1ccc2c(c1)CCC2NCCO. The van der Waals surface area contributed by atoms with Crippen molar-refractivity contribution >= 4 is 11.8 Å². The minimum absolute atomic E-state index is 0.143. The lowest BCUT2D eigenvalue weighted by molar-refractivity contribution is 0.0636. The quantitative estimate of drug-likeness (QED) is 0.798. The summed E-state index contributed by atoms with van der Waals surface area (Å²) in [5.41, 5.74) is 2.74. The number of hydrogen-bond acceptors (Lipinski definition) is 4. The molecule has 1 aliphatic carbocycles. The van der Waals surface area contributed by atoms with Crippen LogP contribution in [0.5, 0.6) is 0 Å². The summed E-state index contributed by atoms with van der Waals surface area (Å²) in [6.07, 6.45) is 1.56. The summed E-state index contributed by atoms with van der Waals surface area (Å²) in [6.45, 7) is 6.26. The number of rotatable bonds is 4. The van der Waals surface area contributed by atoms with Crippen molar-refractivity contribution in [3.8, 4) is 0 Å². The highest BCUT2D eigenvalue weighted by Gasteiger charge is 2.22. The molecule has 1 aliphatic rings. The largest absolute Gasteiger partial charge is 0.444 e. The van der Waals surface area contributed by atoms with Gasteiger partial charge >= 0.3 is 6.09 Å². The number of benzene rings is 1. The number of aliphatic hydroxyl groups is 1. The zero-order valence-electron chi connectivity index (χ0n) is 12.9. The third-order valence-corrected chi connectivity index (χ3v) is 3.37. The van der Waals surface area contributed by atoms with E-state index in [2.05, 4.69) is 10.6 Å². The van der Waals surface area contributed by atoms with Crippen molar-refractivity contribution in [1.82, 2.24) is 5.32 Å². The van der Waals surface area contributed by atoms with Gasteiger partial charge < -0.3 is 15.2 Å². The average Bonchev–Trinajstić information content (AvgIpc) is 2.76. The van der Waals surface area contributed by atoms with Crippen molar-refractivity contribution in [3.63, 3.8) is 0 Å². The molecule has 0 radical (unpaired) electrons. The van der Waals surface area contributed by atoms with E-state index in [-0.39, 0.29) is 6.61 Å². The Balaban J connectivity index is 2.01. The van der Waals surface area contributed by atoms with Gasteiger partial charge in [0.25, 0.3) is 0 Å². The fourth-order valence-corrected chi connectivity index (χ4v) is 2.57. The number of anilines is 1. The predicted octanol–water partition coefficient (Wildman–Crippen LogP) is 2.60. The van der Waals surface area contributed by atoms with Crippen molar-refractivity contribution < 1.29 is 14.6 Å². The van der Waals surface area contributed by atoms with Crippen LogP contribution in [0, 0.1) is 0 Å². The molecule has 5 nitrogen and oxygen atoms in total.